The average molecular weight is 402 g/mol. The summed E-state index contributed by atoms with van der Waals surface area (Å²) in [6, 6.07) is 15.5. The van der Waals surface area contributed by atoms with Crippen LogP contribution in [0.15, 0.2) is 52.9 Å². The van der Waals surface area contributed by atoms with Gasteiger partial charge in [-0.3, -0.25) is 4.79 Å². The summed E-state index contributed by atoms with van der Waals surface area (Å²) < 4.78 is 5.84. The Bertz CT molecular complexity index is 1040. The van der Waals surface area contributed by atoms with Gasteiger partial charge in [-0.15, -0.1) is 6.42 Å². The molecule has 0 spiro atoms. The number of ketones is 1. The van der Waals surface area contributed by atoms with Crippen LogP contribution in [0.2, 0.25) is 0 Å². The van der Waals surface area contributed by atoms with Crippen molar-refractivity contribution in [3.05, 3.63) is 65.4 Å². The van der Waals surface area contributed by atoms with Crippen molar-refractivity contribution in [1.82, 2.24) is 0 Å². The van der Waals surface area contributed by atoms with Crippen molar-refractivity contribution in [3.8, 4) is 12.3 Å². The highest BCUT2D eigenvalue weighted by Crippen LogP contribution is 2.29. The summed E-state index contributed by atoms with van der Waals surface area (Å²) in [7, 11) is 0. The van der Waals surface area contributed by atoms with Gasteiger partial charge in [0.1, 0.15) is 5.58 Å². The van der Waals surface area contributed by atoms with E-state index < -0.39 is 0 Å². The van der Waals surface area contributed by atoms with Crippen molar-refractivity contribution < 1.29 is 9.21 Å². The first-order valence-corrected chi connectivity index (χ1v) is 10.9. The van der Waals surface area contributed by atoms with Gasteiger partial charge in [0.2, 0.25) is 5.78 Å². The number of fused-ring (bicyclic) bond motifs is 1. The molecule has 0 aliphatic carbocycles. The Balaban J connectivity index is 1.61. The lowest BCUT2D eigenvalue weighted by atomic mass is 9.82. The number of unbranched alkanes of at least 4 members (excludes halogenated alkanes) is 1. The number of hydrogen-bond acceptors (Lipinski definition) is 3. The fourth-order valence-corrected chi connectivity index (χ4v) is 4.19. The monoisotopic (exact) mass is 401 g/mol. The molecule has 2 atom stereocenters. The van der Waals surface area contributed by atoms with E-state index in [1.807, 2.05) is 49.4 Å². The van der Waals surface area contributed by atoms with Crippen LogP contribution in [0.25, 0.3) is 11.0 Å². The van der Waals surface area contributed by atoms with Crippen LogP contribution in [0.5, 0.6) is 0 Å². The maximum atomic E-state index is 13.1. The lowest BCUT2D eigenvalue weighted by Crippen LogP contribution is -2.21. The molecule has 2 unspecified atom stereocenters. The lowest BCUT2D eigenvalue weighted by Gasteiger charge is -2.22. The van der Waals surface area contributed by atoms with Gasteiger partial charge in [-0.05, 0) is 67.1 Å². The zero-order chi connectivity index (χ0) is 21.5. The van der Waals surface area contributed by atoms with E-state index in [9.17, 15) is 4.79 Å². The largest absolute Gasteiger partial charge is 0.453 e. The Labute approximate surface area is 179 Å². The number of furan rings is 1. The van der Waals surface area contributed by atoms with Crippen LogP contribution in [0.1, 0.15) is 67.6 Å². The molecule has 0 fully saturated rings. The van der Waals surface area contributed by atoms with Gasteiger partial charge < -0.3 is 10.2 Å². The minimum absolute atomic E-state index is 0.0648. The smallest absolute Gasteiger partial charge is 0.201 e. The Morgan fingerprint density at radius 2 is 1.97 bits per heavy atom. The van der Waals surface area contributed by atoms with Crippen molar-refractivity contribution in [2.75, 3.05) is 5.73 Å². The average Bonchev–Trinajstić information content (AvgIpc) is 3.18. The Morgan fingerprint density at radius 1 is 1.13 bits per heavy atom. The molecule has 0 saturated heterocycles. The molecule has 156 valence electrons. The maximum Gasteiger partial charge on any atom is 0.201 e. The van der Waals surface area contributed by atoms with Crippen molar-refractivity contribution in [2.24, 2.45) is 11.8 Å². The van der Waals surface area contributed by atoms with E-state index in [1.54, 1.807) is 0 Å². The highest BCUT2D eigenvalue weighted by Gasteiger charge is 2.26. The molecule has 0 saturated carbocycles. The molecule has 0 radical (unpaired) electrons. The lowest BCUT2D eigenvalue weighted by molar-refractivity contribution is 0.0847. The van der Waals surface area contributed by atoms with Crippen LogP contribution in [0.4, 0.5) is 5.69 Å². The molecule has 0 aliphatic rings. The second-order valence-corrected chi connectivity index (χ2v) is 8.20. The van der Waals surface area contributed by atoms with Gasteiger partial charge in [-0.1, -0.05) is 51.2 Å². The summed E-state index contributed by atoms with van der Waals surface area (Å²) in [5.41, 5.74) is 9.46. The van der Waals surface area contributed by atoms with E-state index in [0.717, 1.165) is 55.2 Å². The van der Waals surface area contributed by atoms with Gasteiger partial charge in [0, 0.05) is 22.6 Å². The van der Waals surface area contributed by atoms with E-state index in [-0.39, 0.29) is 11.7 Å². The summed E-state index contributed by atoms with van der Waals surface area (Å²) >= 11 is 0. The van der Waals surface area contributed by atoms with Gasteiger partial charge in [-0.2, -0.15) is 0 Å². The Kier molecular flexibility index (Phi) is 7.36. The van der Waals surface area contributed by atoms with E-state index in [2.05, 4.69) is 18.9 Å². The van der Waals surface area contributed by atoms with Gasteiger partial charge in [0.15, 0.2) is 5.76 Å². The number of rotatable bonds is 10. The molecule has 0 amide bonds. The minimum Gasteiger partial charge on any atom is -0.453 e. The third kappa shape index (κ3) is 5.33. The van der Waals surface area contributed by atoms with Crippen LogP contribution >= 0.6 is 0 Å². The second-order valence-electron chi connectivity index (χ2n) is 8.20. The van der Waals surface area contributed by atoms with Crippen LogP contribution in [0, 0.1) is 24.2 Å². The normalized spacial score (nSPS) is 13.1. The standard InChI is InChI=1S/C27H31NO2/c1-4-9-22(12-7-6-10-21-11-8-13-24(28)17-21)19(3)27(29)26-18-23-16-20(5-2)14-15-25(23)30-26/h2,8,11,13-19,22H,4,6-7,9-10,12,28H2,1,3H3. The highest BCUT2D eigenvalue weighted by molar-refractivity contribution is 5.99. The number of nitrogen functional groups attached to an aromatic ring is 1. The molecule has 1 heterocycles. The molecular weight excluding hydrogens is 370 g/mol. The van der Waals surface area contributed by atoms with Crippen molar-refractivity contribution in [2.45, 2.75) is 52.4 Å². The van der Waals surface area contributed by atoms with Gasteiger partial charge in [0.25, 0.3) is 0 Å². The first-order chi connectivity index (χ1) is 14.5. The van der Waals surface area contributed by atoms with Crippen molar-refractivity contribution in [1.29, 1.82) is 0 Å². The molecular formula is C27H31NO2. The van der Waals surface area contributed by atoms with Gasteiger partial charge in [-0.25, -0.2) is 0 Å². The van der Waals surface area contributed by atoms with E-state index in [4.69, 9.17) is 16.6 Å². The first-order valence-electron chi connectivity index (χ1n) is 10.9. The number of aryl methyl sites for hydroxylation is 1. The highest BCUT2D eigenvalue weighted by atomic mass is 16.3. The molecule has 3 heteroatoms. The Morgan fingerprint density at radius 3 is 2.70 bits per heavy atom. The zero-order valence-electron chi connectivity index (χ0n) is 18.0. The topological polar surface area (TPSA) is 56.2 Å². The fraction of sp³-hybridized carbons (Fsp3) is 0.370. The number of carbonyl (C=O) groups excluding carboxylic acids is 1. The van der Waals surface area contributed by atoms with E-state index in [1.165, 1.54) is 5.56 Å². The number of Topliss-reactive ketones (excluding diaryl/α,β-unsaturated/α-hetero) is 1. The van der Waals surface area contributed by atoms with Crippen LogP contribution in [-0.2, 0) is 6.42 Å². The molecule has 2 N–H and O–H groups in total. The number of hydrogen-bond donors (Lipinski definition) is 1. The van der Waals surface area contributed by atoms with Crippen LogP contribution < -0.4 is 5.73 Å². The molecule has 3 aromatic rings. The van der Waals surface area contributed by atoms with Gasteiger partial charge >= 0.3 is 0 Å². The van der Waals surface area contributed by atoms with Gasteiger partial charge in [0.05, 0.1) is 0 Å². The van der Waals surface area contributed by atoms with Crippen molar-refractivity contribution in [3.63, 3.8) is 0 Å². The third-order valence-corrected chi connectivity index (χ3v) is 5.95. The SMILES string of the molecule is C#Cc1ccc2oc(C(=O)C(C)C(CCC)CCCCc3cccc(N)c3)cc2c1. The predicted octanol–water partition coefficient (Wildman–Crippen LogP) is 6.64. The maximum absolute atomic E-state index is 13.1. The van der Waals surface area contributed by atoms with E-state index >= 15 is 0 Å². The fourth-order valence-electron chi connectivity index (χ4n) is 4.19. The van der Waals surface area contributed by atoms with E-state index in [0.29, 0.717) is 17.3 Å². The number of anilines is 1. The molecule has 3 rings (SSSR count). The minimum atomic E-state index is -0.0648. The second kappa shape index (κ2) is 10.2. The molecule has 0 aliphatic heterocycles. The summed E-state index contributed by atoms with van der Waals surface area (Å²) in [4.78, 5) is 13.1. The summed E-state index contributed by atoms with van der Waals surface area (Å²) in [5.74, 6) is 3.44. The summed E-state index contributed by atoms with van der Waals surface area (Å²) in [6.07, 6.45) is 11.9. The molecule has 0 bridgehead atoms. The molecule has 3 nitrogen and oxygen atoms in total. The molecule has 30 heavy (non-hydrogen) atoms. The summed E-state index contributed by atoms with van der Waals surface area (Å²) in [6.45, 7) is 4.22. The molecule has 2 aromatic carbocycles. The number of nitrogens with two attached hydrogens (primary N) is 1. The Hall–Kier alpha value is -2.99. The van der Waals surface area contributed by atoms with Crippen LogP contribution in [-0.4, -0.2) is 5.78 Å². The number of carbonyl (C=O) groups is 1. The molecule has 1 aromatic heterocycles. The quantitative estimate of drug-likeness (QED) is 0.179. The number of benzene rings is 2. The third-order valence-electron chi connectivity index (χ3n) is 5.95. The number of terminal acetylenes is 1. The van der Waals surface area contributed by atoms with Crippen LogP contribution in [0.3, 0.4) is 0 Å². The predicted molar refractivity (Wildman–Crippen MR) is 124 cm³/mol. The van der Waals surface area contributed by atoms with Crippen molar-refractivity contribution >= 4 is 22.4 Å². The zero-order valence-corrected chi connectivity index (χ0v) is 18.0. The first kappa shape index (κ1) is 21.7. The summed E-state index contributed by atoms with van der Waals surface area (Å²) in [5, 5.41) is 0.884.